The zero-order chi connectivity index (χ0) is 18.5. The molecule has 28 heavy (non-hydrogen) atoms. The second kappa shape index (κ2) is 6.15. The van der Waals surface area contributed by atoms with Crippen LogP contribution in [0.3, 0.4) is 0 Å². The van der Waals surface area contributed by atoms with Crippen LogP contribution in [0.25, 0.3) is 38.2 Å². The summed E-state index contributed by atoms with van der Waals surface area (Å²) in [5.41, 5.74) is 13.1. The number of hydrogen-bond acceptors (Lipinski definition) is 1. The van der Waals surface area contributed by atoms with E-state index in [1.807, 2.05) is 11.3 Å². The van der Waals surface area contributed by atoms with Crippen molar-refractivity contribution in [1.29, 1.82) is 0 Å². The number of thiazole rings is 1. The van der Waals surface area contributed by atoms with Gasteiger partial charge in [-0.05, 0) is 34.2 Å². The summed E-state index contributed by atoms with van der Waals surface area (Å²) in [5, 5.41) is 0. The van der Waals surface area contributed by atoms with Crippen LogP contribution in [0.2, 0.25) is 0 Å². The van der Waals surface area contributed by atoms with E-state index in [0.29, 0.717) is 0 Å². The van der Waals surface area contributed by atoms with E-state index < -0.39 is 0 Å². The molecule has 6 rings (SSSR count). The average Bonchev–Trinajstić information content (AvgIpc) is 3.36. The lowest BCUT2D eigenvalue weighted by atomic mass is 9.95. The van der Waals surface area contributed by atoms with Crippen LogP contribution in [-0.2, 0) is 6.42 Å². The summed E-state index contributed by atoms with van der Waals surface area (Å²) >= 11 is 1.82. The fraction of sp³-hybridized carbons (Fsp3) is 0.0385. The Hall–Kier alpha value is -3.23. The Labute approximate surface area is 168 Å². The van der Waals surface area contributed by atoms with Crippen LogP contribution in [0.4, 0.5) is 0 Å². The van der Waals surface area contributed by atoms with E-state index in [1.165, 1.54) is 49.3 Å². The van der Waals surface area contributed by atoms with E-state index in [4.69, 9.17) is 0 Å². The quantitative estimate of drug-likeness (QED) is 0.307. The highest BCUT2D eigenvalue weighted by atomic mass is 32.1. The van der Waals surface area contributed by atoms with Gasteiger partial charge in [-0.1, -0.05) is 84.1 Å². The number of aromatic nitrogens is 1. The van der Waals surface area contributed by atoms with Gasteiger partial charge in [0.05, 0.1) is 0 Å². The van der Waals surface area contributed by atoms with Crippen molar-refractivity contribution in [2.45, 2.75) is 6.42 Å². The highest BCUT2D eigenvalue weighted by Gasteiger charge is 2.24. The SMILES string of the molecule is c1ccc(-[n+]2csc3c(-c4cccc5c4Cc4ccccc4-5)cccc32)cc1. The molecule has 5 aromatic rings. The van der Waals surface area contributed by atoms with Gasteiger partial charge in [-0.15, -0.1) is 4.57 Å². The first-order chi connectivity index (χ1) is 13.9. The molecule has 1 nitrogen and oxygen atoms in total. The molecule has 0 radical (unpaired) electrons. The predicted octanol–water partition coefficient (Wildman–Crippen LogP) is 6.42. The van der Waals surface area contributed by atoms with Crippen LogP contribution in [0.15, 0.2) is 96.5 Å². The highest BCUT2D eigenvalue weighted by molar-refractivity contribution is 7.17. The number of benzene rings is 4. The normalized spacial score (nSPS) is 12.1. The molecule has 1 heterocycles. The summed E-state index contributed by atoms with van der Waals surface area (Å²) in [4.78, 5) is 0. The molecular formula is C26H18NS+. The number of nitrogens with zero attached hydrogens (tertiary/aromatic N) is 1. The first kappa shape index (κ1) is 15.8. The fourth-order valence-corrected chi connectivity index (χ4v) is 5.45. The van der Waals surface area contributed by atoms with E-state index in [-0.39, 0.29) is 0 Å². The summed E-state index contributed by atoms with van der Waals surface area (Å²) < 4.78 is 3.64. The Morgan fingerprint density at radius 1 is 0.607 bits per heavy atom. The topological polar surface area (TPSA) is 3.88 Å². The van der Waals surface area contributed by atoms with Crippen LogP contribution in [-0.4, -0.2) is 0 Å². The molecule has 0 aliphatic heterocycles. The lowest BCUT2D eigenvalue weighted by Gasteiger charge is -2.09. The van der Waals surface area contributed by atoms with Crippen molar-refractivity contribution in [2.24, 2.45) is 0 Å². The molecule has 0 amide bonds. The van der Waals surface area contributed by atoms with Gasteiger partial charge in [0.15, 0.2) is 0 Å². The Morgan fingerprint density at radius 2 is 1.29 bits per heavy atom. The van der Waals surface area contributed by atoms with E-state index in [0.717, 1.165) is 6.42 Å². The van der Waals surface area contributed by atoms with Gasteiger partial charge >= 0.3 is 0 Å². The van der Waals surface area contributed by atoms with E-state index in [9.17, 15) is 0 Å². The maximum absolute atomic E-state index is 2.29. The summed E-state index contributed by atoms with van der Waals surface area (Å²) in [7, 11) is 0. The number of fused-ring (bicyclic) bond motifs is 4. The van der Waals surface area contributed by atoms with Gasteiger partial charge in [-0.25, -0.2) is 0 Å². The summed E-state index contributed by atoms with van der Waals surface area (Å²) in [6.45, 7) is 0. The number of hydrogen-bond donors (Lipinski definition) is 0. The monoisotopic (exact) mass is 376 g/mol. The van der Waals surface area contributed by atoms with Crippen LogP contribution in [0.5, 0.6) is 0 Å². The zero-order valence-corrected chi connectivity index (χ0v) is 16.1. The van der Waals surface area contributed by atoms with E-state index >= 15 is 0 Å². The van der Waals surface area contributed by atoms with E-state index in [2.05, 4.69) is 101 Å². The molecule has 0 bridgehead atoms. The van der Waals surface area contributed by atoms with Crippen molar-refractivity contribution < 1.29 is 4.57 Å². The highest BCUT2D eigenvalue weighted by Crippen LogP contribution is 2.43. The van der Waals surface area contributed by atoms with Gasteiger partial charge in [-0.2, -0.15) is 0 Å². The molecule has 1 aromatic heterocycles. The lowest BCUT2D eigenvalue weighted by Crippen LogP contribution is -2.27. The third-order valence-corrected chi connectivity index (χ3v) is 6.69. The molecule has 0 N–H and O–H groups in total. The molecule has 0 saturated heterocycles. The van der Waals surface area contributed by atoms with Crippen LogP contribution >= 0.6 is 11.3 Å². The van der Waals surface area contributed by atoms with Gasteiger partial charge in [0.25, 0.3) is 0 Å². The molecule has 0 saturated carbocycles. The predicted molar refractivity (Wildman–Crippen MR) is 117 cm³/mol. The zero-order valence-electron chi connectivity index (χ0n) is 15.3. The van der Waals surface area contributed by atoms with Crippen LogP contribution in [0.1, 0.15) is 11.1 Å². The average molecular weight is 377 g/mol. The Morgan fingerprint density at radius 3 is 2.18 bits per heavy atom. The standard InChI is InChI=1S/C26H18NS/c1-2-9-19(10-3-1)27-17-28-26-23(14-7-15-25(26)27)22-13-6-12-21-20-11-5-4-8-18(20)16-24(21)22/h1-15,17H,16H2/q+1. The third-order valence-electron chi connectivity index (χ3n) is 5.71. The fourth-order valence-electron chi connectivity index (χ4n) is 4.41. The second-order valence-electron chi connectivity index (χ2n) is 7.25. The minimum atomic E-state index is 1.02. The minimum absolute atomic E-state index is 1.02. The van der Waals surface area contributed by atoms with Crippen molar-refractivity contribution in [3.8, 4) is 27.9 Å². The van der Waals surface area contributed by atoms with Gasteiger partial charge in [0, 0.05) is 23.8 Å². The summed E-state index contributed by atoms with van der Waals surface area (Å²) in [6, 6.07) is 32.8. The Kier molecular flexibility index (Phi) is 3.47. The molecular weight excluding hydrogens is 358 g/mol. The molecule has 2 heteroatoms. The number of para-hydroxylation sites is 1. The molecule has 0 spiro atoms. The van der Waals surface area contributed by atoms with Gasteiger partial charge in [-0.3, -0.25) is 0 Å². The first-order valence-electron chi connectivity index (χ1n) is 9.58. The Balaban J connectivity index is 1.57. The van der Waals surface area contributed by atoms with Crippen molar-refractivity contribution >= 4 is 21.6 Å². The first-order valence-corrected chi connectivity index (χ1v) is 10.5. The smallest absolute Gasteiger partial charge is 0.150 e. The Bertz CT molecular complexity index is 1330. The molecule has 0 fully saturated rings. The molecule has 1 aliphatic rings. The molecule has 4 aromatic carbocycles. The largest absolute Gasteiger partial charge is 0.231 e. The van der Waals surface area contributed by atoms with Crippen molar-refractivity contribution in [1.82, 2.24) is 0 Å². The van der Waals surface area contributed by atoms with E-state index in [1.54, 1.807) is 0 Å². The minimum Gasteiger partial charge on any atom is -0.150 e. The van der Waals surface area contributed by atoms with Gasteiger partial charge < -0.3 is 0 Å². The lowest BCUT2D eigenvalue weighted by molar-refractivity contribution is -0.562. The molecule has 132 valence electrons. The maximum Gasteiger partial charge on any atom is 0.231 e. The van der Waals surface area contributed by atoms with Crippen molar-refractivity contribution in [2.75, 3.05) is 0 Å². The summed E-state index contributed by atoms with van der Waals surface area (Å²) in [6.07, 6.45) is 1.02. The molecule has 1 aliphatic carbocycles. The molecule has 0 unspecified atom stereocenters. The van der Waals surface area contributed by atoms with Gasteiger partial charge in [0.2, 0.25) is 16.7 Å². The van der Waals surface area contributed by atoms with Gasteiger partial charge in [0.1, 0.15) is 4.70 Å². The van der Waals surface area contributed by atoms with Crippen LogP contribution in [0, 0.1) is 0 Å². The summed E-state index contributed by atoms with van der Waals surface area (Å²) in [5.74, 6) is 0. The van der Waals surface area contributed by atoms with Crippen LogP contribution < -0.4 is 4.57 Å². The van der Waals surface area contributed by atoms with Crippen molar-refractivity contribution in [3.05, 3.63) is 108 Å². The maximum atomic E-state index is 2.29. The number of rotatable bonds is 2. The third kappa shape index (κ3) is 2.28. The molecule has 0 atom stereocenters. The second-order valence-corrected chi connectivity index (χ2v) is 8.10. The van der Waals surface area contributed by atoms with Crippen molar-refractivity contribution in [3.63, 3.8) is 0 Å².